The molecule has 0 N–H and O–H groups in total. The van der Waals surface area contributed by atoms with Crippen molar-refractivity contribution in [3.8, 4) is 0 Å². The third-order valence-corrected chi connectivity index (χ3v) is 2.24. The van der Waals surface area contributed by atoms with Gasteiger partial charge in [-0.15, -0.1) is 0 Å². The van der Waals surface area contributed by atoms with Crippen LogP contribution < -0.4 is 0 Å². The number of hydrogen-bond donors (Lipinski definition) is 0. The van der Waals surface area contributed by atoms with Crippen LogP contribution in [0.4, 0.5) is 0 Å². The van der Waals surface area contributed by atoms with Gasteiger partial charge in [-0.25, -0.2) is 0 Å². The summed E-state index contributed by atoms with van der Waals surface area (Å²) in [5.74, 6) is 0. The highest BCUT2D eigenvalue weighted by molar-refractivity contribution is 9.13. The molecule has 0 aliphatic carbocycles. The molecule has 0 aromatic rings. The molecule has 0 heterocycles. The molecule has 0 radical (unpaired) electrons. The lowest BCUT2D eigenvalue weighted by atomic mass is 10.2. The SMILES string of the molecule is BrC=CBr.CCCCCC. The summed E-state index contributed by atoms with van der Waals surface area (Å²) in [7, 11) is 0. The van der Waals surface area contributed by atoms with Crippen LogP contribution in [0.1, 0.15) is 39.5 Å². The minimum atomic E-state index is 1.36. The van der Waals surface area contributed by atoms with E-state index in [2.05, 4.69) is 45.7 Å². The van der Waals surface area contributed by atoms with Gasteiger partial charge >= 0.3 is 0 Å². The molecule has 0 saturated carbocycles. The molecule has 0 rings (SSSR count). The van der Waals surface area contributed by atoms with E-state index in [0.29, 0.717) is 0 Å². The average molecular weight is 272 g/mol. The second kappa shape index (κ2) is 16.4. The molecule has 0 aromatic heterocycles. The van der Waals surface area contributed by atoms with Crippen molar-refractivity contribution < 1.29 is 0 Å². The predicted molar refractivity (Wildman–Crippen MR) is 56.8 cm³/mol. The Labute approximate surface area is 81.3 Å². The lowest BCUT2D eigenvalue weighted by molar-refractivity contribution is 0.702. The number of rotatable bonds is 3. The summed E-state index contributed by atoms with van der Waals surface area (Å²) in [6.07, 6.45) is 5.54. The standard InChI is InChI=1S/C6H14.C2H2Br2/c1-3-5-6-4-2;3-1-2-4/h3-6H2,1-2H3;1-2H. The quantitative estimate of drug-likeness (QED) is 0.645. The Morgan fingerprint density at radius 2 is 1.20 bits per heavy atom. The fourth-order valence-corrected chi connectivity index (χ4v) is 0.500. The maximum Gasteiger partial charge on any atom is -0.0120 e. The highest BCUT2D eigenvalue weighted by atomic mass is 79.9. The van der Waals surface area contributed by atoms with Crippen molar-refractivity contribution in [1.29, 1.82) is 0 Å². The van der Waals surface area contributed by atoms with Gasteiger partial charge in [0.25, 0.3) is 0 Å². The molecule has 10 heavy (non-hydrogen) atoms. The van der Waals surface area contributed by atoms with Gasteiger partial charge < -0.3 is 0 Å². The van der Waals surface area contributed by atoms with Crippen molar-refractivity contribution >= 4 is 31.9 Å². The maximum atomic E-state index is 3.02. The first-order valence-corrected chi connectivity index (χ1v) is 5.52. The Morgan fingerprint density at radius 1 is 0.900 bits per heavy atom. The molecular formula is C8H16Br2. The lowest BCUT2D eigenvalue weighted by Crippen LogP contribution is -1.66. The van der Waals surface area contributed by atoms with Crippen molar-refractivity contribution in [3.63, 3.8) is 0 Å². The zero-order valence-electron chi connectivity index (χ0n) is 6.74. The molecule has 0 aromatic carbocycles. The molecule has 0 unspecified atom stereocenters. The lowest BCUT2D eigenvalue weighted by Gasteiger charge is -1.86. The second-order valence-corrected chi connectivity index (χ2v) is 3.02. The largest absolute Gasteiger partial charge is 0.0654 e. The van der Waals surface area contributed by atoms with Crippen molar-refractivity contribution in [2.45, 2.75) is 39.5 Å². The van der Waals surface area contributed by atoms with Crippen LogP contribution in [0.5, 0.6) is 0 Å². The Kier molecular flexibility index (Phi) is 21.8. The monoisotopic (exact) mass is 270 g/mol. The summed E-state index contributed by atoms with van der Waals surface area (Å²) in [4.78, 5) is 3.46. The summed E-state index contributed by atoms with van der Waals surface area (Å²) in [6, 6.07) is 0. The molecule has 2 heteroatoms. The number of halogens is 2. The van der Waals surface area contributed by atoms with E-state index in [1.165, 1.54) is 25.7 Å². The third kappa shape index (κ3) is 23.4. The molecule has 0 fully saturated rings. The summed E-state index contributed by atoms with van der Waals surface area (Å²) >= 11 is 6.04. The van der Waals surface area contributed by atoms with Gasteiger partial charge in [-0.3, -0.25) is 0 Å². The van der Waals surface area contributed by atoms with Crippen molar-refractivity contribution in [3.05, 3.63) is 9.97 Å². The Morgan fingerprint density at radius 3 is 1.30 bits per heavy atom. The van der Waals surface area contributed by atoms with E-state index in [0.717, 1.165) is 0 Å². The first-order chi connectivity index (χ1) is 4.83. The highest BCUT2D eigenvalue weighted by Gasteiger charge is 1.75. The van der Waals surface area contributed by atoms with E-state index in [9.17, 15) is 0 Å². The van der Waals surface area contributed by atoms with Crippen LogP contribution in [-0.2, 0) is 0 Å². The van der Waals surface area contributed by atoms with E-state index in [4.69, 9.17) is 0 Å². The second-order valence-electron chi connectivity index (χ2n) is 1.96. The minimum absolute atomic E-state index is 1.36. The summed E-state index contributed by atoms with van der Waals surface area (Å²) in [5, 5.41) is 0. The fraction of sp³-hybridized carbons (Fsp3) is 0.750. The van der Waals surface area contributed by atoms with Crippen LogP contribution in [0.25, 0.3) is 0 Å². The molecule has 0 aliphatic heterocycles. The first-order valence-electron chi connectivity index (χ1n) is 3.68. The van der Waals surface area contributed by atoms with Gasteiger partial charge in [0.1, 0.15) is 0 Å². The summed E-state index contributed by atoms with van der Waals surface area (Å²) in [6.45, 7) is 4.46. The molecule has 0 saturated heterocycles. The van der Waals surface area contributed by atoms with Crippen molar-refractivity contribution in [2.24, 2.45) is 0 Å². The van der Waals surface area contributed by atoms with E-state index in [-0.39, 0.29) is 0 Å². The van der Waals surface area contributed by atoms with Gasteiger partial charge in [0, 0.05) is 0 Å². The topological polar surface area (TPSA) is 0 Å². The van der Waals surface area contributed by atoms with Crippen LogP contribution in [-0.4, -0.2) is 0 Å². The molecular weight excluding hydrogens is 256 g/mol. The van der Waals surface area contributed by atoms with Gasteiger partial charge in [0.05, 0.1) is 0 Å². The van der Waals surface area contributed by atoms with Crippen molar-refractivity contribution in [2.75, 3.05) is 0 Å². The summed E-state index contributed by atoms with van der Waals surface area (Å²) < 4.78 is 0. The third-order valence-electron chi connectivity index (χ3n) is 1.00. The number of unbranched alkanes of at least 4 members (excludes halogenated alkanes) is 3. The molecule has 0 amide bonds. The molecule has 0 aliphatic rings. The molecule has 0 nitrogen and oxygen atoms in total. The van der Waals surface area contributed by atoms with E-state index >= 15 is 0 Å². The van der Waals surface area contributed by atoms with E-state index < -0.39 is 0 Å². The van der Waals surface area contributed by atoms with Gasteiger partial charge in [0.2, 0.25) is 0 Å². The van der Waals surface area contributed by atoms with Crippen LogP contribution in [0.3, 0.4) is 0 Å². The highest BCUT2D eigenvalue weighted by Crippen LogP contribution is 1.95. The van der Waals surface area contributed by atoms with Gasteiger partial charge in [0.15, 0.2) is 0 Å². The van der Waals surface area contributed by atoms with Crippen LogP contribution in [0.2, 0.25) is 0 Å². The van der Waals surface area contributed by atoms with Crippen LogP contribution in [0, 0.1) is 0 Å². The van der Waals surface area contributed by atoms with Gasteiger partial charge in [-0.2, -0.15) is 0 Å². The molecule has 0 spiro atoms. The Balaban J connectivity index is 0. The Hall–Kier alpha value is 0.700. The minimum Gasteiger partial charge on any atom is -0.0654 e. The average Bonchev–Trinajstić information content (AvgIpc) is 2.01. The van der Waals surface area contributed by atoms with Crippen LogP contribution in [0.15, 0.2) is 9.97 Å². The van der Waals surface area contributed by atoms with E-state index in [1.54, 1.807) is 9.97 Å². The Bertz CT molecular complexity index is 52.3. The normalized spacial score (nSPS) is 9.20. The maximum absolute atomic E-state index is 3.02. The zero-order chi connectivity index (χ0) is 8.24. The van der Waals surface area contributed by atoms with Gasteiger partial charge in [-0.05, 0) is 9.97 Å². The molecule has 0 bridgehead atoms. The zero-order valence-corrected chi connectivity index (χ0v) is 9.91. The van der Waals surface area contributed by atoms with Crippen LogP contribution >= 0.6 is 31.9 Å². The van der Waals surface area contributed by atoms with E-state index in [1.807, 2.05) is 0 Å². The summed E-state index contributed by atoms with van der Waals surface area (Å²) in [5.41, 5.74) is 0. The smallest absolute Gasteiger partial charge is 0.0120 e. The number of hydrogen-bond acceptors (Lipinski definition) is 0. The van der Waals surface area contributed by atoms with Crippen molar-refractivity contribution in [1.82, 2.24) is 0 Å². The fourth-order valence-electron chi connectivity index (χ4n) is 0.500. The molecule has 62 valence electrons. The predicted octanol–water partition coefficient (Wildman–Crippen LogP) is 4.83. The van der Waals surface area contributed by atoms with Gasteiger partial charge in [-0.1, -0.05) is 71.4 Å². The first kappa shape index (κ1) is 13.3. The molecule has 0 atom stereocenters.